The van der Waals surface area contributed by atoms with Crippen LogP contribution in [0.4, 0.5) is 17.5 Å². The van der Waals surface area contributed by atoms with Crippen LogP contribution < -0.4 is 41.2 Å². The highest BCUT2D eigenvalue weighted by atomic mass is 31.2. The number of hydrogen-bond acceptors (Lipinski definition) is 15. The number of carboxylic acids is 1. The number of aliphatic hydroxyl groups is 1. The highest BCUT2D eigenvalue weighted by Crippen LogP contribution is 2.50. The molecule has 1 amide bonds. The number of fused-ring (bicyclic) bond motifs is 5. The highest BCUT2D eigenvalue weighted by Gasteiger charge is 2.50. The molecule has 3 aromatic carbocycles. The molecule has 1 fully saturated rings. The first-order chi connectivity index (χ1) is 35.5. The van der Waals surface area contributed by atoms with Crippen LogP contribution in [0.2, 0.25) is 0 Å². The third-order valence-electron chi connectivity index (χ3n) is 14.9. The average molecular weight is 1060 g/mol. The molecule has 2 aromatic heterocycles. The summed E-state index contributed by atoms with van der Waals surface area (Å²) in [6.07, 6.45) is 4.70. The van der Waals surface area contributed by atoms with Gasteiger partial charge in [-0.2, -0.15) is 0 Å². The Balaban J connectivity index is 0.805. The SMILES string of the molecule is Nc1ncnc2c1nc(NCCCCCCNC(=O)c1ccc(C(=O)O)c(C3=c4cc5c6c(c4Oc4c3cc3c7c4CCCN7CCC3)CCC[N+]=6CCC5)c1)n2[C@@H]1O[C@H](COP(=O)(O)O)[C@@H](O)[C@H]1OP(=O)(O)O. The maximum atomic E-state index is 14.0. The van der Waals surface area contributed by atoms with E-state index >= 15 is 0 Å². The van der Waals surface area contributed by atoms with Crippen LogP contribution in [0.3, 0.4) is 0 Å². The minimum absolute atomic E-state index is 0.0310. The quantitative estimate of drug-likeness (QED) is 0.0360. The number of aromatic carboxylic acids is 1. The highest BCUT2D eigenvalue weighted by molar-refractivity contribution is 7.46. The van der Waals surface area contributed by atoms with Gasteiger partial charge in [0, 0.05) is 77.8 Å². The van der Waals surface area contributed by atoms with E-state index in [0.29, 0.717) is 49.9 Å². The van der Waals surface area contributed by atoms with Crippen molar-refractivity contribution in [2.75, 3.05) is 61.8 Å². The number of ether oxygens (including phenoxy) is 2. The summed E-state index contributed by atoms with van der Waals surface area (Å²) in [5.41, 5.74) is 14.9. The van der Waals surface area contributed by atoms with Gasteiger partial charge in [-0.05, 0) is 92.8 Å². The number of hydrogen-bond donors (Lipinski definition) is 9. The smallest absolute Gasteiger partial charge is 0.470 e. The normalized spacial score (nSPS) is 20.9. The molecule has 10 N–H and O–H groups in total. The van der Waals surface area contributed by atoms with Crippen molar-refractivity contribution in [3.63, 3.8) is 0 Å². The fourth-order valence-electron chi connectivity index (χ4n) is 11.8. The monoisotopic (exact) mass is 1060 g/mol. The van der Waals surface area contributed by atoms with E-state index in [-0.39, 0.29) is 34.4 Å². The molecule has 6 aliphatic rings. The molecule has 0 saturated carbocycles. The number of nitrogens with two attached hydrogens (primary N) is 1. The van der Waals surface area contributed by atoms with Crippen molar-refractivity contribution in [2.45, 2.75) is 102 Å². The van der Waals surface area contributed by atoms with Crippen molar-refractivity contribution < 1.29 is 67.0 Å². The number of carbonyl (C=O) groups is 2. The van der Waals surface area contributed by atoms with E-state index in [2.05, 4.69) is 51.7 Å². The number of aryl methyl sites for hydroxylation is 2. The third kappa shape index (κ3) is 9.59. The number of carboxylic acid groups (broad SMARTS) is 1. The van der Waals surface area contributed by atoms with Crippen molar-refractivity contribution in [3.8, 4) is 11.5 Å². The zero-order chi connectivity index (χ0) is 51.6. The molecule has 23 nitrogen and oxygen atoms in total. The molecule has 1 saturated heterocycles. The van der Waals surface area contributed by atoms with Crippen LogP contribution in [0.5, 0.6) is 11.5 Å². The fraction of sp³-hybridized carbons (Fsp3) is 0.469. The van der Waals surface area contributed by atoms with Gasteiger partial charge in [-0.15, -0.1) is 0 Å². The number of anilines is 3. The molecule has 4 atom stereocenters. The van der Waals surface area contributed by atoms with E-state index in [9.17, 15) is 48.5 Å². The summed E-state index contributed by atoms with van der Waals surface area (Å²) in [4.78, 5) is 80.3. The summed E-state index contributed by atoms with van der Waals surface area (Å²) < 4.78 is 49.7. The Morgan fingerprint density at radius 1 is 0.865 bits per heavy atom. The van der Waals surface area contributed by atoms with Crippen LogP contribution >= 0.6 is 15.6 Å². The Bertz CT molecular complexity index is 3340. The van der Waals surface area contributed by atoms with Gasteiger partial charge in [0.2, 0.25) is 11.3 Å². The van der Waals surface area contributed by atoms with Gasteiger partial charge in [0.1, 0.15) is 49.2 Å². The number of aliphatic hydroxyl groups excluding tert-OH is 1. The summed E-state index contributed by atoms with van der Waals surface area (Å²) in [5, 5.41) is 30.1. The van der Waals surface area contributed by atoms with E-state index in [4.69, 9.17) is 19.7 Å². The predicted octanol–water partition coefficient (Wildman–Crippen LogP) is 2.79. The molecule has 5 aromatic rings. The van der Waals surface area contributed by atoms with Gasteiger partial charge in [0.15, 0.2) is 23.2 Å². The second-order valence-electron chi connectivity index (χ2n) is 19.6. The molecule has 0 aliphatic carbocycles. The van der Waals surface area contributed by atoms with Gasteiger partial charge in [0.05, 0.1) is 17.7 Å². The van der Waals surface area contributed by atoms with Crippen LogP contribution in [0.25, 0.3) is 16.7 Å². The van der Waals surface area contributed by atoms with Gasteiger partial charge in [-0.3, -0.25) is 18.4 Å². The Labute approximate surface area is 423 Å². The van der Waals surface area contributed by atoms with Gasteiger partial charge in [-0.25, -0.2) is 33.5 Å². The van der Waals surface area contributed by atoms with Gasteiger partial charge >= 0.3 is 21.6 Å². The number of amides is 1. The lowest BCUT2D eigenvalue weighted by Crippen LogP contribution is -2.45. The van der Waals surface area contributed by atoms with Crippen molar-refractivity contribution >= 4 is 61.7 Å². The number of unbranched alkanes of at least 4 members (excludes halogenated alkanes) is 3. The van der Waals surface area contributed by atoms with Crippen molar-refractivity contribution in [2.24, 2.45) is 0 Å². The fourth-order valence-corrected chi connectivity index (χ4v) is 12.7. The topological polar surface area (TPSA) is 327 Å². The summed E-state index contributed by atoms with van der Waals surface area (Å²) in [6.45, 7) is 3.79. The summed E-state index contributed by atoms with van der Waals surface area (Å²) in [7, 11) is -10.3. The number of nitrogens with one attached hydrogen (secondary N) is 2. The molecule has 8 heterocycles. The van der Waals surface area contributed by atoms with E-state index in [1.54, 1.807) is 12.1 Å². The number of benzene rings is 3. The molecule has 25 heteroatoms. The summed E-state index contributed by atoms with van der Waals surface area (Å²) in [6, 6.07) is 9.28. The molecule has 6 aliphatic heterocycles. The number of phosphoric acid groups is 2. The van der Waals surface area contributed by atoms with E-state index in [1.807, 2.05) is 0 Å². The molecular formula is C49H58N9O14P2+. The summed E-state index contributed by atoms with van der Waals surface area (Å²) in [5.74, 6) is 0.213. The molecule has 0 bridgehead atoms. The first-order valence-electron chi connectivity index (χ1n) is 25.1. The standard InChI is InChI=1S/C49H57N9O14P2/c50-44-37-45(54-25-53-44)58(47-43(72-74(66,67)68)40(59)35(70-47)24-69-73(63,64)65)49(55-37)52-16-4-2-1-3-15-51-46(60)28-13-14-29(48(61)62)32(23-28)36-33-21-26-9-5-17-56-19-7-11-30(38(26)56)41(33)71-42-31-12-8-20-57-18-6-10-27(39(31)57)22-34(36)42/h13-14,21-23,25,35,40,43,47,59H,1-12,15-20,24H2,(H8-,50,51,52,53,54,55,60,61,62,63,64,65,66,67,68)/p+1/t35-,40-,43-,47-/m1/s1. The number of nitrogen functional groups attached to an aromatic ring is 1. The van der Waals surface area contributed by atoms with E-state index in [0.717, 1.165) is 112 Å². The minimum atomic E-state index is -5.27. The number of carbonyl (C=O) groups excluding carboxylic acids is 1. The Morgan fingerprint density at radius 2 is 1.61 bits per heavy atom. The largest absolute Gasteiger partial charge is 0.478 e. The van der Waals surface area contributed by atoms with Crippen molar-refractivity contribution in [1.29, 1.82) is 0 Å². The number of aromatic nitrogens is 4. The Hall–Kier alpha value is -5.84. The zero-order valence-corrected chi connectivity index (χ0v) is 42.1. The minimum Gasteiger partial charge on any atom is -0.478 e. The lowest BCUT2D eigenvalue weighted by atomic mass is 9.81. The predicted molar refractivity (Wildman–Crippen MR) is 268 cm³/mol. The maximum Gasteiger partial charge on any atom is 0.470 e. The first-order valence-corrected chi connectivity index (χ1v) is 28.2. The van der Waals surface area contributed by atoms with E-state index in [1.165, 1.54) is 43.9 Å². The molecule has 0 spiro atoms. The van der Waals surface area contributed by atoms with Crippen molar-refractivity contribution in [3.05, 3.63) is 91.7 Å². The number of phosphoric ester groups is 2. The zero-order valence-electron chi connectivity index (χ0n) is 40.3. The van der Waals surface area contributed by atoms with Crippen LogP contribution in [0.1, 0.15) is 112 Å². The summed E-state index contributed by atoms with van der Waals surface area (Å²) >= 11 is 0. The van der Waals surface area contributed by atoms with Crippen LogP contribution in [-0.2, 0) is 48.6 Å². The second kappa shape index (κ2) is 20.0. The molecule has 0 unspecified atom stereocenters. The van der Waals surface area contributed by atoms with Crippen LogP contribution in [0.15, 0.2) is 36.7 Å². The lowest BCUT2D eigenvalue weighted by molar-refractivity contribution is -0.0489. The van der Waals surface area contributed by atoms with Crippen LogP contribution in [-0.4, -0.2) is 125 Å². The van der Waals surface area contributed by atoms with Crippen LogP contribution in [0, 0.1) is 0 Å². The Kier molecular flexibility index (Phi) is 13.6. The van der Waals surface area contributed by atoms with Crippen molar-refractivity contribution in [1.82, 2.24) is 29.4 Å². The number of nitrogens with zero attached hydrogens (tertiary/aromatic N) is 6. The maximum absolute atomic E-state index is 14.0. The molecular weight excluding hydrogens is 1000 g/mol. The second-order valence-corrected chi connectivity index (χ2v) is 22.1. The van der Waals surface area contributed by atoms with Gasteiger partial charge in [-0.1, -0.05) is 12.8 Å². The molecule has 392 valence electrons. The molecule has 0 radical (unpaired) electrons. The van der Waals surface area contributed by atoms with Gasteiger partial charge < -0.3 is 60.5 Å². The Morgan fingerprint density at radius 3 is 2.38 bits per heavy atom. The lowest BCUT2D eigenvalue weighted by Gasteiger charge is -2.39. The number of rotatable bonds is 17. The molecule has 11 rings (SSSR count). The van der Waals surface area contributed by atoms with Gasteiger partial charge in [0.25, 0.3) is 5.91 Å². The molecule has 74 heavy (non-hydrogen) atoms. The first kappa shape index (κ1) is 50.3. The van der Waals surface area contributed by atoms with E-state index < -0.39 is 52.8 Å². The average Bonchev–Trinajstić information content (AvgIpc) is 3.90. The number of imidazole rings is 1. The third-order valence-corrected chi connectivity index (χ3v) is 15.9.